The van der Waals surface area contributed by atoms with Crippen molar-refractivity contribution in [1.82, 2.24) is 9.55 Å². The smallest absolute Gasteiger partial charge is 0.330 e. The van der Waals surface area contributed by atoms with Gasteiger partial charge in [0.15, 0.2) is 0 Å². The van der Waals surface area contributed by atoms with Gasteiger partial charge in [-0.25, -0.2) is 4.79 Å². The number of hydrogen-bond donors (Lipinski definition) is 1. The van der Waals surface area contributed by atoms with Gasteiger partial charge < -0.3 is 9.47 Å². The third-order valence-electron chi connectivity index (χ3n) is 13.6. The summed E-state index contributed by atoms with van der Waals surface area (Å²) in [6.07, 6.45) is 17.6. The maximum Gasteiger partial charge on any atom is 0.330 e. The molecule has 3 saturated carbocycles. The molecule has 11 atom stereocenters. The second-order valence-corrected chi connectivity index (χ2v) is 16.6. The molecule has 254 valence electrons. The zero-order valence-electron chi connectivity index (χ0n) is 29.0. The first-order valence-electron chi connectivity index (χ1n) is 18.3. The fourth-order valence-corrected chi connectivity index (χ4v) is 11.0. The molecule has 0 amide bonds. The number of hydrogen-bond acceptors (Lipinski definition) is 5. The second-order valence-electron chi connectivity index (χ2n) is 16.6. The molecule has 0 unspecified atom stereocenters. The van der Waals surface area contributed by atoms with E-state index in [4.69, 9.17) is 9.47 Å². The predicted molar refractivity (Wildman–Crippen MR) is 180 cm³/mol. The number of nitrogens with zero attached hydrogens (tertiary/aromatic N) is 4. The molecule has 9 heteroatoms. The van der Waals surface area contributed by atoms with Crippen molar-refractivity contribution in [3.63, 3.8) is 0 Å². The van der Waals surface area contributed by atoms with Gasteiger partial charge in [-0.2, -0.15) is 0 Å². The van der Waals surface area contributed by atoms with Crippen molar-refractivity contribution in [3.05, 3.63) is 54.7 Å². The van der Waals surface area contributed by atoms with Gasteiger partial charge in [0.2, 0.25) is 0 Å². The molecule has 1 N–H and O–H groups in total. The van der Waals surface area contributed by atoms with Crippen LogP contribution in [0, 0.1) is 53.3 Å². The highest BCUT2D eigenvalue weighted by atomic mass is 16.6. The highest BCUT2D eigenvalue weighted by molar-refractivity contribution is 5.25. The van der Waals surface area contributed by atoms with E-state index in [9.17, 15) is 15.1 Å². The van der Waals surface area contributed by atoms with Crippen LogP contribution in [0.3, 0.4) is 0 Å². The zero-order valence-corrected chi connectivity index (χ0v) is 29.0. The number of aromatic nitrogens is 2. The van der Waals surface area contributed by atoms with Crippen LogP contribution in [0.4, 0.5) is 0 Å². The van der Waals surface area contributed by atoms with Crippen LogP contribution in [0.15, 0.2) is 32.5 Å². The molecular formula is C37H57N5O4. The number of nitrogens with one attached hydrogen (secondary N) is 1. The molecule has 2 heterocycles. The van der Waals surface area contributed by atoms with Gasteiger partial charge in [0.05, 0.1) is 24.9 Å². The van der Waals surface area contributed by atoms with Crippen molar-refractivity contribution in [1.29, 1.82) is 0 Å². The Morgan fingerprint density at radius 1 is 1.13 bits per heavy atom. The summed E-state index contributed by atoms with van der Waals surface area (Å²) in [6, 6.07) is -0.442. The molecule has 46 heavy (non-hydrogen) atoms. The van der Waals surface area contributed by atoms with Crippen LogP contribution < -0.4 is 11.2 Å². The summed E-state index contributed by atoms with van der Waals surface area (Å²) < 4.78 is 14.1. The first kappa shape index (κ1) is 33.5. The molecule has 0 aromatic carbocycles. The summed E-state index contributed by atoms with van der Waals surface area (Å²) in [5, 5.41) is 3.98. The topological polar surface area (TPSA) is 122 Å². The third-order valence-corrected chi connectivity index (χ3v) is 13.6. The van der Waals surface area contributed by atoms with Crippen molar-refractivity contribution in [3.8, 4) is 0 Å². The molecular weight excluding hydrogens is 578 g/mol. The van der Waals surface area contributed by atoms with E-state index in [1.54, 1.807) is 12.5 Å². The molecule has 9 nitrogen and oxygen atoms in total. The van der Waals surface area contributed by atoms with Gasteiger partial charge in [0.25, 0.3) is 5.56 Å². The van der Waals surface area contributed by atoms with Crippen LogP contribution in [-0.2, 0) is 9.47 Å². The van der Waals surface area contributed by atoms with Gasteiger partial charge in [0, 0.05) is 23.1 Å². The molecule has 4 aliphatic carbocycles. The number of aromatic amines is 1. The van der Waals surface area contributed by atoms with Gasteiger partial charge >= 0.3 is 5.69 Å². The first-order chi connectivity index (χ1) is 21.9. The lowest BCUT2D eigenvalue weighted by atomic mass is 9.47. The van der Waals surface area contributed by atoms with Gasteiger partial charge in [0.1, 0.15) is 6.23 Å². The number of aryl methyl sites for hydroxylation is 1. The molecule has 4 fully saturated rings. The van der Waals surface area contributed by atoms with Crippen LogP contribution in [0.25, 0.3) is 10.4 Å². The zero-order chi connectivity index (χ0) is 32.8. The normalized spacial score (nSPS) is 39.2. The molecule has 1 saturated heterocycles. The van der Waals surface area contributed by atoms with E-state index in [-0.39, 0.29) is 11.5 Å². The summed E-state index contributed by atoms with van der Waals surface area (Å²) in [5.41, 5.74) is 11.1. The van der Waals surface area contributed by atoms with Gasteiger partial charge in [-0.15, -0.1) is 0 Å². The SMILES string of the molecule is Cc1cn([C@H]2C[C@H](N=[N+]=[N-])[C@@H](CO[C@H]3CC[C@@]4(C)C(=CC[C@H]5[C@@H]6CC[C@H]([C@H](C)CCCC(C)C)[C@@]6(C)CC[C@@H]54)C3)O2)c(=O)[nH]c1=O. The number of azide groups is 1. The molecule has 0 bridgehead atoms. The lowest BCUT2D eigenvalue weighted by Crippen LogP contribution is -2.51. The van der Waals surface area contributed by atoms with Crippen molar-refractivity contribution in [2.75, 3.05) is 6.61 Å². The first-order valence-corrected chi connectivity index (χ1v) is 18.3. The largest absolute Gasteiger partial charge is 0.375 e. The van der Waals surface area contributed by atoms with Crippen LogP contribution in [0.1, 0.15) is 123 Å². The molecule has 0 radical (unpaired) electrons. The Hall–Kier alpha value is -2.35. The molecule has 0 spiro atoms. The maximum atomic E-state index is 12.5. The lowest BCUT2D eigenvalue weighted by Gasteiger charge is -2.58. The maximum absolute atomic E-state index is 12.5. The Labute approximate surface area is 274 Å². The minimum absolute atomic E-state index is 0.111. The van der Waals surface area contributed by atoms with Crippen LogP contribution in [0.2, 0.25) is 0 Å². The minimum Gasteiger partial charge on any atom is -0.375 e. The van der Waals surface area contributed by atoms with Gasteiger partial charge in [-0.1, -0.05) is 70.6 Å². The standard InChI is InChI=1S/C37H57N5O4/c1-22(2)8-7-9-23(3)28-12-13-29-27-11-10-25-18-26(14-16-36(25,5)30(27)15-17-37(28,29)6)45-21-32-31(40-41-38)19-33(46-32)42-20-24(4)34(43)39-35(42)44/h10,20,22-23,26-33H,7-9,11-19,21H2,1-6H3,(H,39,43,44)/t23-,26+,27+,28-,29+,30+,31+,32-,33-,36+,37-/m1/s1. The second kappa shape index (κ2) is 13.3. The van der Waals surface area contributed by atoms with Gasteiger partial charge in [-0.3, -0.25) is 14.3 Å². The number of rotatable bonds is 10. The monoisotopic (exact) mass is 635 g/mol. The average Bonchev–Trinajstić information content (AvgIpc) is 3.58. The summed E-state index contributed by atoms with van der Waals surface area (Å²) in [7, 11) is 0. The van der Waals surface area contributed by atoms with Crippen molar-refractivity contribution in [2.24, 2.45) is 51.5 Å². The fourth-order valence-electron chi connectivity index (χ4n) is 11.0. The Kier molecular flexibility index (Phi) is 9.68. The Bertz CT molecular complexity index is 1460. The van der Waals surface area contributed by atoms with E-state index in [0.717, 1.165) is 54.8 Å². The van der Waals surface area contributed by atoms with Crippen LogP contribution in [0.5, 0.6) is 0 Å². The van der Waals surface area contributed by atoms with E-state index < -0.39 is 29.6 Å². The summed E-state index contributed by atoms with van der Waals surface area (Å²) >= 11 is 0. The highest BCUT2D eigenvalue weighted by Gasteiger charge is 2.59. The van der Waals surface area contributed by atoms with E-state index >= 15 is 0 Å². The quantitative estimate of drug-likeness (QED) is 0.120. The number of allylic oxidation sites excluding steroid dienone is 1. The van der Waals surface area contributed by atoms with Crippen molar-refractivity contribution >= 4 is 0 Å². The molecule has 1 aromatic heterocycles. The molecule has 6 rings (SSSR count). The highest BCUT2D eigenvalue weighted by Crippen LogP contribution is 2.67. The van der Waals surface area contributed by atoms with Crippen LogP contribution in [-0.4, -0.2) is 34.4 Å². The average molecular weight is 636 g/mol. The van der Waals surface area contributed by atoms with Crippen molar-refractivity contribution < 1.29 is 9.47 Å². The molecule has 1 aromatic rings. The van der Waals surface area contributed by atoms with Gasteiger partial charge in [-0.05, 0) is 110 Å². The Morgan fingerprint density at radius 2 is 1.93 bits per heavy atom. The van der Waals surface area contributed by atoms with E-state index in [1.807, 2.05) is 0 Å². The number of ether oxygens (including phenoxy) is 2. The van der Waals surface area contributed by atoms with Crippen molar-refractivity contribution in [2.45, 2.75) is 143 Å². The predicted octanol–water partition coefficient (Wildman–Crippen LogP) is 8.24. The molecule has 5 aliphatic rings. The lowest BCUT2D eigenvalue weighted by molar-refractivity contribution is -0.0859. The Balaban J connectivity index is 1.08. The summed E-state index contributed by atoms with van der Waals surface area (Å²) in [4.78, 5) is 29.7. The van der Waals surface area contributed by atoms with E-state index in [1.165, 1.54) is 62.1 Å². The summed E-state index contributed by atoms with van der Waals surface area (Å²) in [6.45, 7) is 14.5. The molecule has 1 aliphatic heterocycles. The Morgan fingerprint density at radius 3 is 2.70 bits per heavy atom. The fraction of sp³-hybridized carbons (Fsp3) is 0.838. The van der Waals surface area contributed by atoms with E-state index in [2.05, 4.69) is 55.7 Å². The van der Waals surface area contributed by atoms with Crippen LogP contribution >= 0.6 is 0 Å². The number of H-pyrrole nitrogens is 1. The minimum atomic E-state index is -0.616. The number of fused-ring (bicyclic) bond motifs is 5. The third kappa shape index (κ3) is 6.17. The van der Waals surface area contributed by atoms with E-state index in [0.29, 0.717) is 24.0 Å². The summed E-state index contributed by atoms with van der Waals surface area (Å²) in [5.74, 6) is 4.97.